The van der Waals surface area contributed by atoms with Crippen molar-refractivity contribution in [3.63, 3.8) is 0 Å². The molecule has 0 saturated heterocycles. The predicted molar refractivity (Wildman–Crippen MR) is 59.6 cm³/mol. The van der Waals surface area contributed by atoms with Crippen LogP contribution < -0.4 is 5.32 Å². The van der Waals surface area contributed by atoms with Crippen LogP contribution in [0.4, 0.5) is 0 Å². The Kier molecular flexibility index (Phi) is 8.33. The predicted octanol–water partition coefficient (Wildman–Crippen LogP) is 1.08. The molecule has 2 atom stereocenters. The van der Waals surface area contributed by atoms with E-state index in [-0.39, 0.29) is 18.1 Å². The van der Waals surface area contributed by atoms with Gasteiger partial charge in [0.05, 0.1) is 19.1 Å². The number of aliphatic hydroxyl groups excluding tert-OH is 1. The van der Waals surface area contributed by atoms with E-state index in [9.17, 15) is 9.90 Å². The Labute approximate surface area is 92.0 Å². The molecule has 90 valence electrons. The van der Waals surface area contributed by atoms with Gasteiger partial charge >= 0.3 is 5.97 Å². The molecule has 0 aliphatic rings. The van der Waals surface area contributed by atoms with Crippen molar-refractivity contribution in [2.24, 2.45) is 0 Å². The highest BCUT2D eigenvalue weighted by Crippen LogP contribution is 1.97. The third-order valence-corrected chi connectivity index (χ3v) is 2.10. The van der Waals surface area contributed by atoms with Crippen molar-refractivity contribution < 1.29 is 14.6 Å². The molecule has 0 radical (unpaired) electrons. The second-order valence-electron chi connectivity index (χ2n) is 3.76. The highest BCUT2D eigenvalue weighted by atomic mass is 16.5. The van der Waals surface area contributed by atoms with Crippen LogP contribution in [0.2, 0.25) is 0 Å². The molecule has 4 heteroatoms. The summed E-state index contributed by atoms with van der Waals surface area (Å²) in [7, 11) is 0. The maximum absolute atomic E-state index is 11.1. The first-order chi connectivity index (χ1) is 7.10. The van der Waals surface area contributed by atoms with Crippen LogP contribution in [0.5, 0.6) is 0 Å². The average Bonchev–Trinajstić information content (AvgIpc) is 2.15. The normalized spacial score (nSPS) is 14.7. The van der Waals surface area contributed by atoms with Gasteiger partial charge in [0, 0.05) is 12.6 Å². The highest BCUT2D eigenvalue weighted by molar-refractivity contribution is 5.69. The lowest BCUT2D eigenvalue weighted by atomic mass is 10.2. The molecule has 2 unspecified atom stereocenters. The summed E-state index contributed by atoms with van der Waals surface area (Å²) in [4.78, 5) is 11.1. The molecule has 0 fully saturated rings. The lowest BCUT2D eigenvalue weighted by Gasteiger charge is -2.15. The van der Waals surface area contributed by atoms with Crippen LogP contribution in [0.25, 0.3) is 0 Å². The number of esters is 1. The molecule has 0 spiro atoms. The number of aliphatic hydroxyl groups is 1. The van der Waals surface area contributed by atoms with Crippen molar-refractivity contribution in [2.45, 2.75) is 52.2 Å². The van der Waals surface area contributed by atoms with Crippen molar-refractivity contribution in [1.29, 1.82) is 0 Å². The average molecular weight is 217 g/mol. The molecule has 0 bridgehead atoms. The third kappa shape index (κ3) is 8.39. The largest absolute Gasteiger partial charge is 0.466 e. The van der Waals surface area contributed by atoms with Crippen LogP contribution in [0.3, 0.4) is 0 Å². The first-order valence-corrected chi connectivity index (χ1v) is 5.67. The fourth-order valence-electron chi connectivity index (χ4n) is 1.31. The van der Waals surface area contributed by atoms with E-state index in [1.54, 1.807) is 6.92 Å². The lowest BCUT2D eigenvalue weighted by Crippen LogP contribution is -2.35. The van der Waals surface area contributed by atoms with Crippen LogP contribution in [0, 0.1) is 0 Å². The van der Waals surface area contributed by atoms with Crippen molar-refractivity contribution in [1.82, 2.24) is 5.32 Å². The van der Waals surface area contributed by atoms with E-state index in [0.717, 1.165) is 12.8 Å². The van der Waals surface area contributed by atoms with Gasteiger partial charge in [-0.3, -0.25) is 4.79 Å². The zero-order valence-corrected chi connectivity index (χ0v) is 9.95. The quantitative estimate of drug-likeness (QED) is 0.597. The van der Waals surface area contributed by atoms with Gasteiger partial charge in [-0.25, -0.2) is 0 Å². The second kappa shape index (κ2) is 8.68. The first-order valence-electron chi connectivity index (χ1n) is 5.67. The Bertz CT molecular complexity index is 173. The van der Waals surface area contributed by atoms with Crippen LogP contribution in [-0.4, -0.2) is 36.4 Å². The molecule has 0 heterocycles. The molecule has 2 N–H and O–H groups in total. The fourth-order valence-corrected chi connectivity index (χ4v) is 1.31. The summed E-state index contributed by atoms with van der Waals surface area (Å²) in [5.74, 6) is -0.192. The molecule has 0 aliphatic heterocycles. The minimum absolute atomic E-state index is 0.0514. The molecule has 0 aromatic rings. The van der Waals surface area contributed by atoms with Gasteiger partial charge in [-0.15, -0.1) is 0 Å². The van der Waals surface area contributed by atoms with Gasteiger partial charge in [0.25, 0.3) is 0 Å². The van der Waals surface area contributed by atoms with E-state index in [1.807, 2.05) is 13.8 Å². The molecular weight excluding hydrogens is 194 g/mol. The van der Waals surface area contributed by atoms with Crippen LogP contribution in [-0.2, 0) is 9.53 Å². The summed E-state index contributed by atoms with van der Waals surface area (Å²) < 4.78 is 4.83. The first kappa shape index (κ1) is 14.4. The van der Waals surface area contributed by atoms with Gasteiger partial charge in [-0.2, -0.15) is 0 Å². The Morgan fingerprint density at radius 1 is 1.47 bits per heavy atom. The zero-order chi connectivity index (χ0) is 11.7. The van der Waals surface area contributed by atoms with Gasteiger partial charge in [-0.1, -0.05) is 13.3 Å². The van der Waals surface area contributed by atoms with E-state index in [1.165, 1.54) is 0 Å². The van der Waals surface area contributed by atoms with E-state index in [0.29, 0.717) is 19.6 Å². The van der Waals surface area contributed by atoms with Crippen LogP contribution in [0.15, 0.2) is 0 Å². The van der Waals surface area contributed by atoms with Crippen LogP contribution in [0.1, 0.15) is 40.0 Å². The Hall–Kier alpha value is -0.610. The van der Waals surface area contributed by atoms with Gasteiger partial charge in [0.15, 0.2) is 0 Å². The van der Waals surface area contributed by atoms with E-state index in [2.05, 4.69) is 5.32 Å². The maximum atomic E-state index is 11.1. The highest BCUT2D eigenvalue weighted by Gasteiger charge is 2.10. The molecule has 0 amide bonds. The lowest BCUT2D eigenvalue weighted by molar-refractivity contribution is -0.143. The number of rotatable bonds is 8. The van der Waals surface area contributed by atoms with Crippen LogP contribution >= 0.6 is 0 Å². The Balaban J connectivity index is 3.56. The second-order valence-corrected chi connectivity index (χ2v) is 3.76. The fraction of sp³-hybridized carbons (Fsp3) is 0.909. The summed E-state index contributed by atoms with van der Waals surface area (Å²) in [5.41, 5.74) is 0. The number of carbonyl (C=O) groups is 1. The molecular formula is C11H23NO3. The van der Waals surface area contributed by atoms with Crippen molar-refractivity contribution in [3.05, 3.63) is 0 Å². The minimum atomic E-state index is -0.320. The van der Waals surface area contributed by atoms with Crippen molar-refractivity contribution in [3.8, 4) is 0 Å². The molecule has 15 heavy (non-hydrogen) atoms. The summed E-state index contributed by atoms with van der Waals surface area (Å²) >= 11 is 0. The molecule has 0 aliphatic carbocycles. The van der Waals surface area contributed by atoms with Gasteiger partial charge < -0.3 is 15.2 Å². The molecule has 0 rings (SSSR count). The standard InChI is InChI=1S/C11H23NO3/c1-4-6-10(13)8-12-9(3)7-11(14)15-5-2/h9-10,12-13H,4-8H2,1-3H3. The Morgan fingerprint density at radius 2 is 2.13 bits per heavy atom. The van der Waals surface area contributed by atoms with E-state index >= 15 is 0 Å². The van der Waals surface area contributed by atoms with Gasteiger partial charge in [-0.05, 0) is 20.3 Å². The third-order valence-electron chi connectivity index (χ3n) is 2.10. The van der Waals surface area contributed by atoms with Gasteiger partial charge in [0.1, 0.15) is 0 Å². The SMILES string of the molecule is CCCC(O)CNC(C)CC(=O)OCC. The van der Waals surface area contributed by atoms with Gasteiger partial charge in [0.2, 0.25) is 0 Å². The van der Waals surface area contributed by atoms with Crippen molar-refractivity contribution >= 4 is 5.97 Å². The molecule has 0 aromatic carbocycles. The summed E-state index contributed by atoms with van der Waals surface area (Å²) in [6.45, 7) is 6.69. The number of carbonyl (C=O) groups excluding carboxylic acids is 1. The smallest absolute Gasteiger partial charge is 0.307 e. The maximum Gasteiger partial charge on any atom is 0.307 e. The molecule has 0 aromatic heterocycles. The number of ether oxygens (including phenoxy) is 1. The topological polar surface area (TPSA) is 58.6 Å². The molecule has 0 saturated carbocycles. The number of hydrogen-bond donors (Lipinski definition) is 2. The Morgan fingerprint density at radius 3 is 2.67 bits per heavy atom. The minimum Gasteiger partial charge on any atom is -0.466 e. The monoisotopic (exact) mass is 217 g/mol. The summed E-state index contributed by atoms with van der Waals surface area (Å²) in [5, 5.41) is 12.6. The summed E-state index contributed by atoms with van der Waals surface area (Å²) in [6.07, 6.45) is 1.79. The number of nitrogens with one attached hydrogen (secondary N) is 1. The summed E-state index contributed by atoms with van der Waals surface area (Å²) in [6, 6.07) is 0.0514. The number of hydrogen-bond acceptors (Lipinski definition) is 4. The van der Waals surface area contributed by atoms with E-state index in [4.69, 9.17) is 4.74 Å². The van der Waals surface area contributed by atoms with Crippen molar-refractivity contribution in [2.75, 3.05) is 13.2 Å². The zero-order valence-electron chi connectivity index (χ0n) is 9.95. The van der Waals surface area contributed by atoms with E-state index < -0.39 is 0 Å². The molecule has 4 nitrogen and oxygen atoms in total.